The summed E-state index contributed by atoms with van der Waals surface area (Å²) in [5.74, 6) is -1.30. The minimum Gasteiger partial charge on any atom is -0.479 e. The fourth-order valence-electron chi connectivity index (χ4n) is 2.43. The molecule has 6 nitrogen and oxygen atoms in total. The van der Waals surface area contributed by atoms with Gasteiger partial charge in [-0.05, 0) is 80.1 Å². The Morgan fingerprint density at radius 1 is 1.21 bits per heavy atom. The van der Waals surface area contributed by atoms with Crippen LogP contribution in [0.1, 0.15) is 18.1 Å². The van der Waals surface area contributed by atoms with Gasteiger partial charge in [-0.3, -0.25) is 4.79 Å². The number of benzene rings is 2. The molecule has 0 bridgehead atoms. The van der Waals surface area contributed by atoms with Crippen LogP contribution in [0, 0.1) is 30.3 Å². The second kappa shape index (κ2) is 9.76. The number of esters is 1. The average molecular weight is 402 g/mol. The van der Waals surface area contributed by atoms with Gasteiger partial charge in [0.2, 0.25) is 0 Å². The monoisotopic (exact) mass is 402 g/mol. The van der Waals surface area contributed by atoms with Gasteiger partial charge >= 0.3 is 5.97 Å². The number of carbonyl (C=O) groups is 2. The van der Waals surface area contributed by atoms with Crippen LogP contribution in [0.25, 0.3) is 0 Å². The summed E-state index contributed by atoms with van der Waals surface area (Å²) in [5.41, 5.74) is 2.20. The van der Waals surface area contributed by atoms with Gasteiger partial charge in [0, 0.05) is 10.6 Å². The van der Waals surface area contributed by atoms with Gasteiger partial charge in [-0.25, -0.2) is 9.18 Å². The number of aryl methyl sites for hydroxylation is 2. The molecule has 28 heavy (non-hydrogen) atoms. The second-order valence-electron chi connectivity index (χ2n) is 6.00. The molecule has 2 aromatic rings. The molecule has 146 valence electrons. The number of carbonyl (C=O) groups excluding carboxylic acids is 2. The van der Waals surface area contributed by atoms with Crippen molar-refractivity contribution in [1.82, 2.24) is 0 Å². The van der Waals surface area contributed by atoms with Gasteiger partial charge in [-0.1, -0.05) is 0 Å². The molecule has 1 N–H and O–H groups in total. The van der Waals surface area contributed by atoms with Crippen molar-refractivity contribution < 1.29 is 23.5 Å². The molecule has 0 aromatic heterocycles. The zero-order valence-corrected chi connectivity index (χ0v) is 16.4. The number of hydrogen-bond acceptors (Lipinski definition) is 6. The number of ether oxygens (including phenoxy) is 2. The molecule has 0 radical (unpaired) electrons. The minimum atomic E-state index is -0.955. The standard InChI is InChI=1S/C20H19FN2O4S/c1-12-8-17(28-11-22)9-13(2)19(12)23-18(24)10-26-20(25)14(3)27-16-6-4-15(21)5-7-16/h4-9,14H,10H2,1-3H3,(H,23,24)/t14-/m1/s1. The van der Waals surface area contributed by atoms with Crippen LogP contribution >= 0.6 is 11.8 Å². The van der Waals surface area contributed by atoms with E-state index in [1.807, 2.05) is 19.2 Å². The van der Waals surface area contributed by atoms with E-state index in [4.69, 9.17) is 14.7 Å². The summed E-state index contributed by atoms with van der Waals surface area (Å²) < 4.78 is 23.2. The highest BCUT2D eigenvalue weighted by atomic mass is 32.2. The summed E-state index contributed by atoms with van der Waals surface area (Å²) in [7, 11) is 0. The number of anilines is 1. The van der Waals surface area contributed by atoms with E-state index in [-0.39, 0.29) is 0 Å². The highest BCUT2D eigenvalue weighted by Crippen LogP contribution is 2.27. The summed E-state index contributed by atoms with van der Waals surface area (Å²) in [6.07, 6.45) is -0.955. The Hall–Kier alpha value is -3.05. The summed E-state index contributed by atoms with van der Waals surface area (Å²) in [4.78, 5) is 24.9. The molecule has 0 spiro atoms. The molecule has 0 heterocycles. The molecule has 0 saturated heterocycles. The van der Waals surface area contributed by atoms with Gasteiger partial charge in [-0.2, -0.15) is 5.26 Å². The first-order valence-corrected chi connectivity index (χ1v) is 9.17. The number of nitrogens with one attached hydrogen (secondary N) is 1. The number of amides is 1. The Balaban J connectivity index is 1.89. The summed E-state index contributed by atoms with van der Waals surface area (Å²) >= 11 is 1.04. The van der Waals surface area contributed by atoms with E-state index in [0.717, 1.165) is 27.8 Å². The van der Waals surface area contributed by atoms with Gasteiger partial charge in [-0.15, -0.1) is 0 Å². The molecule has 0 aliphatic carbocycles. The first-order chi connectivity index (χ1) is 13.3. The molecule has 1 amide bonds. The van der Waals surface area contributed by atoms with Crippen molar-refractivity contribution in [2.75, 3.05) is 11.9 Å². The van der Waals surface area contributed by atoms with Crippen molar-refractivity contribution in [2.45, 2.75) is 31.8 Å². The van der Waals surface area contributed by atoms with E-state index < -0.39 is 30.4 Å². The van der Waals surface area contributed by atoms with Crippen LogP contribution < -0.4 is 10.1 Å². The number of nitriles is 1. The van der Waals surface area contributed by atoms with Gasteiger partial charge in [0.15, 0.2) is 12.7 Å². The van der Waals surface area contributed by atoms with Crippen LogP contribution in [-0.2, 0) is 14.3 Å². The van der Waals surface area contributed by atoms with Crippen LogP contribution in [0.5, 0.6) is 5.75 Å². The Morgan fingerprint density at radius 3 is 2.39 bits per heavy atom. The molecule has 8 heteroatoms. The highest BCUT2D eigenvalue weighted by Gasteiger charge is 2.18. The van der Waals surface area contributed by atoms with Crippen molar-refractivity contribution in [2.24, 2.45) is 0 Å². The topological polar surface area (TPSA) is 88.4 Å². The van der Waals surface area contributed by atoms with Gasteiger partial charge in [0.05, 0.1) is 0 Å². The second-order valence-corrected chi connectivity index (χ2v) is 6.85. The van der Waals surface area contributed by atoms with E-state index in [1.54, 1.807) is 12.1 Å². The third-order valence-corrected chi connectivity index (χ3v) is 4.30. The molecule has 2 rings (SSSR count). The SMILES string of the molecule is Cc1cc(SC#N)cc(C)c1NC(=O)COC(=O)[C@@H](C)Oc1ccc(F)cc1. The van der Waals surface area contributed by atoms with Crippen molar-refractivity contribution in [3.05, 3.63) is 53.3 Å². The predicted octanol–water partition coefficient (Wildman–Crippen LogP) is 3.96. The van der Waals surface area contributed by atoms with E-state index >= 15 is 0 Å². The molecule has 0 fully saturated rings. The minimum absolute atomic E-state index is 0.317. The lowest BCUT2D eigenvalue weighted by Gasteiger charge is -2.15. The van der Waals surface area contributed by atoms with Crippen LogP contribution in [0.15, 0.2) is 41.3 Å². The lowest BCUT2D eigenvalue weighted by molar-refractivity contribution is -0.153. The molecule has 0 aliphatic heterocycles. The Labute approximate surface area is 166 Å². The number of hydrogen-bond donors (Lipinski definition) is 1. The van der Waals surface area contributed by atoms with Gasteiger partial charge in [0.1, 0.15) is 17.0 Å². The number of nitrogens with zero attached hydrogens (tertiary/aromatic N) is 1. The Morgan fingerprint density at radius 2 is 1.82 bits per heavy atom. The van der Waals surface area contributed by atoms with Crippen molar-refractivity contribution >= 4 is 29.3 Å². The van der Waals surface area contributed by atoms with E-state index in [1.165, 1.54) is 31.2 Å². The largest absolute Gasteiger partial charge is 0.479 e. The summed E-state index contributed by atoms with van der Waals surface area (Å²) in [5, 5.41) is 13.5. The number of halogens is 1. The fourth-order valence-corrected chi connectivity index (χ4v) is 3.00. The maximum absolute atomic E-state index is 12.9. The molecule has 0 aliphatic rings. The van der Waals surface area contributed by atoms with Crippen molar-refractivity contribution in [3.8, 4) is 11.2 Å². The third-order valence-electron chi connectivity index (χ3n) is 3.74. The molecular formula is C20H19FN2O4S. The number of thiocyanates is 1. The van der Waals surface area contributed by atoms with E-state index in [2.05, 4.69) is 5.32 Å². The average Bonchev–Trinajstić information content (AvgIpc) is 2.65. The summed E-state index contributed by atoms with van der Waals surface area (Å²) in [6.45, 7) is 4.64. The molecule has 0 saturated carbocycles. The van der Waals surface area contributed by atoms with E-state index in [0.29, 0.717) is 11.4 Å². The van der Waals surface area contributed by atoms with Crippen LogP contribution in [-0.4, -0.2) is 24.6 Å². The molecule has 0 unspecified atom stereocenters. The maximum Gasteiger partial charge on any atom is 0.347 e. The smallest absolute Gasteiger partial charge is 0.347 e. The van der Waals surface area contributed by atoms with Crippen LogP contribution in [0.2, 0.25) is 0 Å². The quantitative estimate of drug-likeness (QED) is 0.428. The van der Waals surface area contributed by atoms with E-state index in [9.17, 15) is 14.0 Å². The molecule has 1 atom stereocenters. The van der Waals surface area contributed by atoms with Crippen molar-refractivity contribution in [1.29, 1.82) is 5.26 Å². The Bertz CT molecular complexity index is 886. The first kappa shape index (κ1) is 21.3. The third kappa shape index (κ3) is 5.99. The highest BCUT2D eigenvalue weighted by molar-refractivity contribution is 8.03. The normalized spacial score (nSPS) is 11.2. The number of rotatable bonds is 7. The molecular weight excluding hydrogens is 383 g/mol. The maximum atomic E-state index is 12.9. The Kier molecular flexibility index (Phi) is 7.41. The van der Waals surface area contributed by atoms with Gasteiger partial charge in [0.25, 0.3) is 5.91 Å². The predicted molar refractivity (Wildman–Crippen MR) is 103 cm³/mol. The summed E-state index contributed by atoms with van der Waals surface area (Å²) in [6, 6.07) is 8.80. The van der Waals surface area contributed by atoms with Gasteiger partial charge < -0.3 is 14.8 Å². The zero-order valence-electron chi connectivity index (χ0n) is 15.6. The van der Waals surface area contributed by atoms with Crippen molar-refractivity contribution in [3.63, 3.8) is 0 Å². The first-order valence-electron chi connectivity index (χ1n) is 8.36. The zero-order chi connectivity index (χ0) is 20.7. The van der Waals surface area contributed by atoms with Crippen LogP contribution in [0.3, 0.4) is 0 Å². The molecule has 2 aromatic carbocycles. The van der Waals surface area contributed by atoms with Crippen LogP contribution in [0.4, 0.5) is 10.1 Å². The number of thioether (sulfide) groups is 1. The lowest BCUT2D eigenvalue weighted by Crippen LogP contribution is -2.30. The lowest BCUT2D eigenvalue weighted by atomic mass is 10.1. The fraction of sp³-hybridized carbons (Fsp3) is 0.250.